The summed E-state index contributed by atoms with van der Waals surface area (Å²) in [6.45, 7) is 4.53. The van der Waals surface area contributed by atoms with Crippen LogP contribution in [-0.2, 0) is 33.3 Å². The van der Waals surface area contributed by atoms with Gasteiger partial charge in [0.25, 0.3) is 0 Å². The van der Waals surface area contributed by atoms with Crippen molar-refractivity contribution in [3.63, 3.8) is 0 Å². The molecule has 95 heavy (non-hydrogen) atoms. The molecule has 2 unspecified atom stereocenters. The molecule has 0 fully saturated rings. The number of carbonyl (C=O) groups is 3. The number of carboxylic acids is 1. The molecular weight excluding hydrogens is 1170 g/mol. The predicted octanol–water partition coefficient (Wildman–Crippen LogP) is 23.5. The molecule has 0 aromatic carbocycles. The SMILES string of the molecule is CC/C=C\C/C=C\C/C=C\C/C=C\C/C=C\C/C=C\C/C=C\C/C=C\CCCCCCCCCCCCC(=O)OC(COC(=O)CCCCCCCCCCCCCCCCCCCCC/C=C\C/C=C\C/C=C\C/C=C\C/C=C\CC)COC(OCC[N+](C)(C)C)C(=O)[O-]. The van der Waals surface area contributed by atoms with Crippen molar-refractivity contribution in [2.45, 2.75) is 322 Å². The number of hydrogen-bond donors (Lipinski definition) is 0. The highest BCUT2D eigenvalue weighted by Gasteiger charge is 2.22. The maximum atomic E-state index is 13.0. The maximum Gasteiger partial charge on any atom is 0.306 e. The fourth-order valence-electron chi connectivity index (χ4n) is 10.5. The Bertz CT molecular complexity index is 2130. The molecule has 0 aromatic heterocycles. The summed E-state index contributed by atoms with van der Waals surface area (Å²) < 4.78 is 22.8. The molecule has 2 atom stereocenters. The van der Waals surface area contributed by atoms with Gasteiger partial charge in [0.2, 0.25) is 0 Å². The first-order chi connectivity index (χ1) is 46.6. The minimum absolute atomic E-state index is 0.141. The smallest absolute Gasteiger partial charge is 0.306 e. The number of allylic oxidation sites excluding steroid dienone is 26. The highest BCUT2D eigenvalue weighted by Crippen LogP contribution is 2.18. The van der Waals surface area contributed by atoms with Crippen LogP contribution in [0, 0.1) is 0 Å². The molecule has 0 spiro atoms. The van der Waals surface area contributed by atoms with E-state index in [4.69, 9.17) is 18.9 Å². The topological polar surface area (TPSA) is 111 Å². The molecule has 0 rings (SSSR count). The molecule has 0 saturated carbocycles. The van der Waals surface area contributed by atoms with Crippen molar-refractivity contribution in [2.75, 3.05) is 47.5 Å². The average Bonchev–Trinajstić information content (AvgIpc) is 3.58. The summed E-state index contributed by atoms with van der Waals surface area (Å²) >= 11 is 0. The number of likely N-dealkylation sites (N-methyl/N-ethyl adjacent to an activating group) is 1. The van der Waals surface area contributed by atoms with Gasteiger partial charge in [-0.3, -0.25) is 9.59 Å². The number of carboxylic acid groups (broad SMARTS) is 1. The van der Waals surface area contributed by atoms with Crippen LogP contribution in [0.2, 0.25) is 0 Å². The molecule has 9 heteroatoms. The van der Waals surface area contributed by atoms with Gasteiger partial charge in [0, 0.05) is 12.8 Å². The second-order valence-electron chi connectivity index (χ2n) is 26.5. The third kappa shape index (κ3) is 76.1. The van der Waals surface area contributed by atoms with Gasteiger partial charge in [-0.1, -0.05) is 332 Å². The number of nitrogens with zero attached hydrogens (tertiary/aromatic N) is 1. The van der Waals surface area contributed by atoms with Gasteiger partial charge in [0.05, 0.1) is 40.3 Å². The Hall–Kier alpha value is -5.09. The second-order valence-corrected chi connectivity index (χ2v) is 26.5. The van der Waals surface area contributed by atoms with Crippen molar-refractivity contribution >= 4 is 17.9 Å². The first kappa shape index (κ1) is 89.9. The molecule has 0 bridgehead atoms. The van der Waals surface area contributed by atoms with Gasteiger partial charge in [0.1, 0.15) is 13.2 Å². The number of aliphatic carboxylic acids is 1. The van der Waals surface area contributed by atoms with Gasteiger partial charge in [-0.2, -0.15) is 0 Å². The van der Waals surface area contributed by atoms with Crippen LogP contribution in [0.4, 0.5) is 0 Å². The zero-order valence-electron chi connectivity index (χ0n) is 61.7. The molecule has 0 amide bonds. The van der Waals surface area contributed by atoms with Crippen LogP contribution in [0.1, 0.15) is 309 Å². The quantitative estimate of drug-likeness (QED) is 0.0195. The molecule has 0 saturated heterocycles. The largest absolute Gasteiger partial charge is 0.545 e. The van der Waals surface area contributed by atoms with Gasteiger partial charge in [-0.15, -0.1) is 0 Å². The van der Waals surface area contributed by atoms with E-state index in [1.54, 1.807) is 0 Å². The Kier molecular flexibility index (Phi) is 70.7. The van der Waals surface area contributed by atoms with Crippen molar-refractivity contribution in [3.8, 4) is 0 Å². The Labute approximate surface area is 584 Å². The summed E-state index contributed by atoms with van der Waals surface area (Å²) in [5.74, 6) is -2.29. The minimum atomic E-state index is -1.63. The second kappa shape index (κ2) is 74.7. The molecule has 0 N–H and O–H groups in total. The van der Waals surface area contributed by atoms with Crippen LogP contribution in [0.15, 0.2) is 158 Å². The number of hydrogen-bond acceptors (Lipinski definition) is 8. The van der Waals surface area contributed by atoms with E-state index in [-0.39, 0.29) is 38.6 Å². The van der Waals surface area contributed by atoms with E-state index in [0.717, 1.165) is 128 Å². The van der Waals surface area contributed by atoms with Crippen molar-refractivity contribution in [1.29, 1.82) is 0 Å². The molecule has 9 nitrogen and oxygen atoms in total. The van der Waals surface area contributed by atoms with E-state index < -0.39 is 24.3 Å². The Morgan fingerprint density at radius 1 is 0.316 bits per heavy atom. The molecular formula is C86H143NO8. The van der Waals surface area contributed by atoms with Crippen LogP contribution in [0.3, 0.4) is 0 Å². The Morgan fingerprint density at radius 3 is 0.842 bits per heavy atom. The molecule has 0 aromatic rings. The fraction of sp³-hybridized carbons (Fsp3) is 0.663. The highest BCUT2D eigenvalue weighted by atomic mass is 16.7. The lowest BCUT2D eigenvalue weighted by atomic mass is 10.0. The summed E-state index contributed by atoms with van der Waals surface area (Å²) in [7, 11) is 5.93. The van der Waals surface area contributed by atoms with Gasteiger partial charge < -0.3 is 33.3 Å². The molecule has 0 aliphatic rings. The van der Waals surface area contributed by atoms with Crippen molar-refractivity contribution < 1.29 is 42.9 Å². The van der Waals surface area contributed by atoms with E-state index in [1.807, 2.05) is 21.1 Å². The third-order valence-corrected chi connectivity index (χ3v) is 16.3. The standard InChI is InChI=1S/C86H143NO8/c1-6-8-10-12-14-16-18-20-22-24-26-28-30-32-34-36-38-40-42-44-46-48-50-52-54-56-58-60-62-64-66-68-70-72-74-76-83(88)93-80-82(81-94-86(85(90)91)92-79-78-87(3,4)5)95-84(89)77-75-73-71-69-67-65-63-61-59-57-55-53-51-49-47-45-43-41-39-37-35-33-31-29-27-25-23-21-19-17-15-13-11-9-7-2/h8-11,14-17,20-23,26-29,32-35,39,41,45,47,51,53,82,86H,6-7,12-13,18-19,24-25,30-31,36-38,40,42-44,46,48-50,52,54-81H2,1-5H3/b10-8-,11-9-,16-14-,17-15-,22-20-,23-21-,28-26-,29-27-,34-32-,35-33-,41-39-,47-45-,53-51-. The van der Waals surface area contributed by atoms with Crippen LogP contribution < -0.4 is 5.11 Å². The summed E-state index contributed by atoms with van der Waals surface area (Å²) in [5.41, 5.74) is 0. The van der Waals surface area contributed by atoms with E-state index in [1.165, 1.54) is 148 Å². The number of rotatable bonds is 70. The van der Waals surface area contributed by atoms with E-state index in [0.29, 0.717) is 17.4 Å². The number of esters is 2. The number of ether oxygens (including phenoxy) is 4. The number of carbonyl (C=O) groups excluding carboxylic acids is 3. The zero-order valence-corrected chi connectivity index (χ0v) is 61.7. The van der Waals surface area contributed by atoms with E-state index in [2.05, 4.69) is 172 Å². The van der Waals surface area contributed by atoms with Crippen LogP contribution >= 0.6 is 0 Å². The van der Waals surface area contributed by atoms with Crippen molar-refractivity contribution in [3.05, 3.63) is 158 Å². The van der Waals surface area contributed by atoms with Crippen LogP contribution in [-0.4, -0.2) is 82.3 Å². The molecule has 0 aliphatic carbocycles. The summed E-state index contributed by atoms with van der Waals surface area (Å²) in [5, 5.41) is 11.9. The van der Waals surface area contributed by atoms with Gasteiger partial charge in [0.15, 0.2) is 12.4 Å². The lowest BCUT2D eigenvalue weighted by Gasteiger charge is -2.26. The van der Waals surface area contributed by atoms with Crippen molar-refractivity contribution in [2.24, 2.45) is 0 Å². The molecule has 540 valence electrons. The fourth-order valence-corrected chi connectivity index (χ4v) is 10.5. The lowest BCUT2D eigenvalue weighted by Crippen LogP contribution is -2.44. The number of quaternary nitrogens is 1. The minimum Gasteiger partial charge on any atom is -0.545 e. The van der Waals surface area contributed by atoms with Gasteiger partial charge in [-0.05, 0) is 122 Å². The van der Waals surface area contributed by atoms with Crippen LogP contribution in [0.25, 0.3) is 0 Å². The van der Waals surface area contributed by atoms with E-state index in [9.17, 15) is 19.5 Å². The zero-order chi connectivity index (χ0) is 69.0. The summed E-state index contributed by atoms with van der Waals surface area (Å²) in [4.78, 5) is 37.6. The lowest BCUT2D eigenvalue weighted by molar-refractivity contribution is -0.870. The Morgan fingerprint density at radius 2 is 0.568 bits per heavy atom. The summed E-state index contributed by atoms with van der Waals surface area (Å²) in [6, 6.07) is 0. The first-order valence-electron chi connectivity index (χ1n) is 38.6. The number of unbranched alkanes of at least 4 members (excludes halogenated alkanes) is 29. The first-order valence-corrected chi connectivity index (χ1v) is 38.6. The van der Waals surface area contributed by atoms with Crippen LogP contribution in [0.5, 0.6) is 0 Å². The van der Waals surface area contributed by atoms with Crippen molar-refractivity contribution in [1.82, 2.24) is 0 Å². The van der Waals surface area contributed by atoms with Gasteiger partial charge in [-0.25, -0.2) is 0 Å². The monoisotopic (exact) mass is 1320 g/mol. The average molecular weight is 1320 g/mol. The normalized spacial score (nSPS) is 13.6. The van der Waals surface area contributed by atoms with E-state index >= 15 is 0 Å². The molecule has 0 radical (unpaired) electrons. The maximum absolute atomic E-state index is 13.0. The third-order valence-electron chi connectivity index (χ3n) is 16.3. The highest BCUT2D eigenvalue weighted by molar-refractivity contribution is 5.70. The molecule has 0 aliphatic heterocycles. The van der Waals surface area contributed by atoms with Gasteiger partial charge >= 0.3 is 11.9 Å². The Balaban J connectivity index is 4.09. The molecule has 0 heterocycles. The predicted molar refractivity (Wildman–Crippen MR) is 407 cm³/mol. The summed E-state index contributed by atoms with van der Waals surface area (Å²) in [6.07, 6.45) is 108.